The van der Waals surface area contributed by atoms with E-state index in [9.17, 15) is 4.79 Å². The second-order valence-electron chi connectivity index (χ2n) is 5.07. The van der Waals surface area contributed by atoms with Gasteiger partial charge in [-0.1, -0.05) is 36.4 Å². The second-order valence-corrected chi connectivity index (χ2v) is 5.07. The van der Waals surface area contributed by atoms with Gasteiger partial charge in [0, 0.05) is 19.2 Å². The van der Waals surface area contributed by atoms with E-state index in [4.69, 9.17) is 9.15 Å². The van der Waals surface area contributed by atoms with Gasteiger partial charge in [0.15, 0.2) is 0 Å². The predicted molar refractivity (Wildman–Crippen MR) is 85.9 cm³/mol. The minimum atomic E-state index is -0.418. The van der Waals surface area contributed by atoms with Crippen LogP contribution >= 0.6 is 0 Å². The van der Waals surface area contributed by atoms with Crippen molar-refractivity contribution >= 4 is 6.09 Å². The zero-order chi connectivity index (χ0) is 16.1. The topological polar surface area (TPSA) is 55.6 Å². The van der Waals surface area contributed by atoms with Crippen molar-refractivity contribution < 1.29 is 13.9 Å². The Labute approximate surface area is 134 Å². The summed E-state index contributed by atoms with van der Waals surface area (Å²) >= 11 is 0. The Morgan fingerprint density at radius 1 is 1.17 bits per heavy atom. The summed E-state index contributed by atoms with van der Waals surface area (Å²) in [7, 11) is 1.70. The van der Waals surface area contributed by atoms with E-state index >= 15 is 0 Å². The Hall–Kier alpha value is -3.08. The molecule has 2 aromatic carbocycles. The van der Waals surface area contributed by atoms with Gasteiger partial charge < -0.3 is 14.1 Å². The van der Waals surface area contributed by atoms with Crippen molar-refractivity contribution in [3.05, 3.63) is 72.6 Å². The van der Waals surface area contributed by atoms with Crippen molar-refractivity contribution in [3.8, 4) is 17.2 Å². The molecule has 0 spiro atoms. The van der Waals surface area contributed by atoms with E-state index in [-0.39, 0.29) is 0 Å². The molecule has 5 heteroatoms. The molecule has 0 fully saturated rings. The Morgan fingerprint density at radius 3 is 2.74 bits per heavy atom. The Morgan fingerprint density at radius 2 is 2.00 bits per heavy atom. The maximum absolute atomic E-state index is 12.2. The number of carbonyl (C=O) groups is 1. The number of oxazole rings is 1. The molecule has 0 bridgehead atoms. The third kappa shape index (κ3) is 3.77. The van der Waals surface area contributed by atoms with Crippen molar-refractivity contribution in [2.75, 3.05) is 7.05 Å². The number of rotatable bonds is 4. The number of amides is 1. The van der Waals surface area contributed by atoms with Crippen molar-refractivity contribution in [3.63, 3.8) is 0 Å². The van der Waals surface area contributed by atoms with E-state index in [1.54, 1.807) is 31.4 Å². The van der Waals surface area contributed by atoms with Crippen LogP contribution in [0.2, 0.25) is 0 Å². The fourth-order valence-electron chi connectivity index (χ4n) is 2.16. The third-order valence-corrected chi connectivity index (χ3v) is 3.29. The van der Waals surface area contributed by atoms with Crippen molar-refractivity contribution in [1.82, 2.24) is 9.88 Å². The van der Waals surface area contributed by atoms with Crippen molar-refractivity contribution in [2.24, 2.45) is 0 Å². The van der Waals surface area contributed by atoms with Gasteiger partial charge >= 0.3 is 6.09 Å². The molecule has 1 aromatic heterocycles. The number of aromatic nitrogens is 1. The second kappa shape index (κ2) is 6.79. The summed E-state index contributed by atoms with van der Waals surface area (Å²) in [5.41, 5.74) is 1.80. The van der Waals surface area contributed by atoms with Crippen LogP contribution in [0.5, 0.6) is 5.75 Å². The summed E-state index contributed by atoms with van der Waals surface area (Å²) in [6.45, 7) is 0.485. The van der Waals surface area contributed by atoms with Gasteiger partial charge in [-0.05, 0) is 23.8 Å². The first-order valence-electron chi connectivity index (χ1n) is 7.19. The standard InChI is InChI=1S/C18H16N2O3/c1-20(13-14-6-3-2-4-7-14)18(21)23-16-9-5-8-15(12-16)17-19-10-11-22-17/h2-12H,13H2,1H3. The fourth-order valence-corrected chi connectivity index (χ4v) is 2.16. The molecule has 1 heterocycles. The highest BCUT2D eigenvalue weighted by Crippen LogP contribution is 2.22. The predicted octanol–water partition coefficient (Wildman–Crippen LogP) is 3.97. The SMILES string of the molecule is CN(Cc1ccccc1)C(=O)Oc1cccc(-c2ncco2)c1. The summed E-state index contributed by atoms with van der Waals surface area (Å²) in [6, 6.07) is 16.8. The van der Waals surface area contributed by atoms with E-state index < -0.39 is 6.09 Å². The first kappa shape index (κ1) is 14.8. The Bertz CT molecular complexity index is 770. The monoisotopic (exact) mass is 308 g/mol. The lowest BCUT2D eigenvalue weighted by Gasteiger charge is -2.17. The molecule has 0 aliphatic rings. The molecule has 0 radical (unpaired) electrons. The van der Waals surface area contributed by atoms with Crippen LogP contribution in [0.4, 0.5) is 4.79 Å². The van der Waals surface area contributed by atoms with Gasteiger partial charge in [0.25, 0.3) is 0 Å². The van der Waals surface area contributed by atoms with Crippen LogP contribution in [0.15, 0.2) is 71.5 Å². The Balaban J connectivity index is 1.67. The lowest BCUT2D eigenvalue weighted by atomic mass is 10.2. The molecular formula is C18H16N2O3. The highest BCUT2D eigenvalue weighted by atomic mass is 16.6. The lowest BCUT2D eigenvalue weighted by Crippen LogP contribution is -2.29. The number of hydrogen-bond donors (Lipinski definition) is 0. The van der Waals surface area contributed by atoms with Crippen LogP contribution in [0.25, 0.3) is 11.5 Å². The van der Waals surface area contributed by atoms with Crippen LogP contribution in [-0.4, -0.2) is 23.0 Å². The highest BCUT2D eigenvalue weighted by Gasteiger charge is 2.12. The number of ether oxygens (including phenoxy) is 1. The van der Waals surface area contributed by atoms with Gasteiger partial charge in [-0.2, -0.15) is 0 Å². The molecule has 0 atom stereocenters. The van der Waals surface area contributed by atoms with E-state index in [0.717, 1.165) is 11.1 Å². The maximum Gasteiger partial charge on any atom is 0.415 e. The van der Waals surface area contributed by atoms with Crippen molar-refractivity contribution in [2.45, 2.75) is 6.54 Å². The number of carbonyl (C=O) groups excluding carboxylic acids is 1. The van der Waals surface area contributed by atoms with Gasteiger partial charge in [0.2, 0.25) is 5.89 Å². The van der Waals surface area contributed by atoms with Gasteiger partial charge in [0.1, 0.15) is 12.0 Å². The average molecular weight is 308 g/mol. The quantitative estimate of drug-likeness (QED) is 0.731. The number of benzene rings is 2. The third-order valence-electron chi connectivity index (χ3n) is 3.29. The molecular weight excluding hydrogens is 292 g/mol. The minimum absolute atomic E-state index is 0.418. The summed E-state index contributed by atoms with van der Waals surface area (Å²) in [5.74, 6) is 0.936. The zero-order valence-corrected chi connectivity index (χ0v) is 12.7. The van der Waals surface area contributed by atoms with Crippen LogP contribution in [0.3, 0.4) is 0 Å². The lowest BCUT2D eigenvalue weighted by molar-refractivity contribution is 0.161. The molecule has 0 aliphatic carbocycles. The van der Waals surface area contributed by atoms with Gasteiger partial charge in [-0.3, -0.25) is 0 Å². The molecule has 1 amide bonds. The van der Waals surface area contributed by atoms with E-state index in [2.05, 4.69) is 4.98 Å². The molecule has 0 N–H and O–H groups in total. The molecule has 3 aromatic rings. The molecule has 23 heavy (non-hydrogen) atoms. The van der Waals surface area contributed by atoms with E-state index in [0.29, 0.717) is 18.2 Å². The molecule has 0 saturated carbocycles. The van der Waals surface area contributed by atoms with Gasteiger partial charge in [0.05, 0.1) is 6.20 Å². The molecule has 0 aliphatic heterocycles. The summed E-state index contributed by atoms with van der Waals surface area (Å²) in [4.78, 5) is 17.8. The summed E-state index contributed by atoms with van der Waals surface area (Å²) in [5, 5.41) is 0. The van der Waals surface area contributed by atoms with Gasteiger partial charge in [-0.15, -0.1) is 0 Å². The maximum atomic E-state index is 12.2. The first-order chi connectivity index (χ1) is 11.2. The fraction of sp³-hybridized carbons (Fsp3) is 0.111. The molecule has 0 saturated heterocycles. The van der Waals surface area contributed by atoms with E-state index in [1.165, 1.54) is 11.2 Å². The Kier molecular flexibility index (Phi) is 4.38. The smallest absolute Gasteiger partial charge is 0.415 e. The average Bonchev–Trinajstić information content (AvgIpc) is 3.10. The highest BCUT2D eigenvalue weighted by molar-refractivity contribution is 5.71. The number of nitrogens with zero attached hydrogens (tertiary/aromatic N) is 2. The summed E-state index contributed by atoms with van der Waals surface area (Å²) in [6.07, 6.45) is 2.65. The molecule has 0 unspecified atom stereocenters. The summed E-state index contributed by atoms with van der Waals surface area (Å²) < 4.78 is 10.6. The van der Waals surface area contributed by atoms with E-state index in [1.807, 2.05) is 36.4 Å². The van der Waals surface area contributed by atoms with Crippen LogP contribution < -0.4 is 4.74 Å². The van der Waals surface area contributed by atoms with Crippen molar-refractivity contribution in [1.29, 1.82) is 0 Å². The van der Waals surface area contributed by atoms with Crippen LogP contribution in [-0.2, 0) is 6.54 Å². The molecule has 116 valence electrons. The molecule has 3 rings (SSSR count). The number of hydrogen-bond acceptors (Lipinski definition) is 4. The van der Waals surface area contributed by atoms with Crippen LogP contribution in [0, 0.1) is 0 Å². The largest absolute Gasteiger partial charge is 0.445 e. The molecule has 5 nitrogen and oxygen atoms in total. The van der Waals surface area contributed by atoms with Gasteiger partial charge in [-0.25, -0.2) is 9.78 Å². The normalized spacial score (nSPS) is 10.3. The zero-order valence-electron chi connectivity index (χ0n) is 12.7. The van der Waals surface area contributed by atoms with Crippen LogP contribution in [0.1, 0.15) is 5.56 Å². The first-order valence-corrected chi connectivity index (χ1v) is 7.19. The minimum Gasteiger partial charge on any atom is -0.445 e.